The second-order valence-electron chi connectivity index (χ2n) is 6.68. The minimum absolute atomic E-state index is 0.294. The molecule has 0 fully saturated rings. The fourth-order valence-corrected chi connectivity index (χ4v) is 4.23. The fraction of sp³-hybridized carbons (Fsp3) is 0.261. The van der Waals surface area contributed by atoms with Gasteiger partial charge in [-0.25, -0.2) is 4.79 Å². The predicted molar refractivity (Wildman–Crippen MR) is 114 cm³/mol. The first-order chi connectivity index (χ1) is 13.0. The molecule has 0 aliphatic heterocycles. The molecule has 1 heterocycles. The molecule has 1 unspecified atom stereocenters. The maximum Gasteiger partial charge on any atom is 0.338 e. The summed E-state index contributed by atoms with van der Waals surface area (Å²) in [6, 6.07) is 17.4. The molecule has 0 saturated carbocycles. The van der Waals surface area contributed by atoms with Crippen LogP contribution in [0.25, 0.3) is 15.7 Å². The summed E-state index contributed by atoms with van der Waals surface area (Å²) in [5, 5.41) is 3.15. The van der Waals surface area contributed by atoms with Gasteiger partial charge in [0.15, 0.2) is 0 Å². The number of thiophene rings is 1. The SMILES string of the molecule is CC=C(C(=O)OC)c1csc2ccc(CN(C)C(C)c3ccccc3)cc12. The molecule has 0 aliphatic rings. The molecule has 1 aromatic heterocycles. The average molecular weight is 380 g/mol. The molecule has 0 aliphatic carbocycles. The first kappa shape index (κ1) is 19.3. The lowest BCUT2D eigenvalue weighted by molar-refractivity contribution is -0.133. The average Bonchev–Trinajstić information content (AvgIpc) is 3.11. The number of benzene rings is 2. The van der Waals surface area contributed by atoms with Crippen molar-refractivity contribution in [1.29, 1.82) is 0 Å². The van der Waals surface area contributed by atoms with Gasteiger partial charge in [-0.2, -0.15) is 0 Å². The van der Waals surface area contributed by atoms with Gasteiger partial charge in [0, 0.05) is 33.6 Å². The third-order valence-electron chi connectivity index (χ3n) is 5.00. The van der Waals surface area contributed by atoms with Gasteiger partial charge in [-0.3, -0.25) is 4.90 Å². The molecule has 3 aromatic rings. The first-order valence-corrected chi connectivity index (χ1v) is 9.93. The minimum atomic E-state index is -0.294. The molecule has 0 amide bonds. The number of nitrogens with zero attached hydrogens (tertiary/aromatic N) is 1. The van der Waals surface area contributed by atoms with E-state index in [0.717, 1.165) is 17.5 Å². The lowest BCUT2D eigenvalue weighted by Crippen LogP contribution is -2.21. The maximum absolute atomic E-state index is 12.1. The molecule has 3 rings (SSSR count). The van der Waals surface area contributed by atoms with Crippen molar-refractivity contribution in [1.82, 2.24) is 4.90 Å². The standard InChI is InChI=1S/C23H25NO2S/c1-5-19(23(25)26-4)21-15-27-22-12-11-17(13-20(21)22)14-24(3)16(2)18-9-7-6-8-10-18/h5-13,15-16H,14H2,1-4H3. The summed E-state index contributed by atoms with van der Waals surface area (Å²) in [6.45, 7) is 4.93. The Balaban J connectivity index is 1.88. The fourth-order valence-electron chi connectivity index (χ4n) is 3.29. The van der Waals surface area contributed by atoms with Gasteiger partial charge in [-0.1, -0.05) is 42.5 Å². The number of methoxy groups -OCH3 is 1. The Kier molecular flexibility index (Phi) is 6.09. The van der Waals surface area contributed by atoms with E-state index in [9.17, 15) is 4.79 Å². The van der Waals surface area contributed by atoms with Crippen molar-refractivity contribution < 1.29 is 9.53 Å². The first-order valence-electron chi connectivity index (χ1n) is 9.05. The van der Waals surface area contributed by atoms with Gasteiger partial charge in [0.1, 0.15) is 0 Å². The normalized spacial score (nSPS) is 13.1. The number of hydrogen-bond donors (Lipinski definition) is 0. The summed E-state index contributed by atoms with van der Waals surface area (Å²) in [4.78, 5) is 14.4. The van der Waals surface area contributed by atoms with E-state index < -0.39 is 0 Å². The molecule has 0 radical (unpaired) electrons. The van der Waals surface area contributed by atoms with Gasteiger partial charge in [0.25, 0.3) is 0 Å². The molecule has 4 heteroatoms. The molecule has 1 atom stereocenters. The molecular weight excluding hydrogens is 354 g/mol. The molecular formula is C23H25NO2S. The van der Waals surface area contributed by atoms with Crippen molar-refractivity contribution in [3.8, 4) is 0 Å². The Morgan fingerprint density at radius 2 is 1.96 bits per heavy atom. The Morgan fingerprint density at radius 1 is 1.22 bits per heavy atom. The van der Waals surface area contributed by atoms with Crippen LogP contribution in [-0.2, 0) is 16.1 Å². The highest BCUT2D eigenvalue weighted by molar-refractivity contribution is 7.17. The largest absolute Gasteiger partial charge is 0.465 e. The molecule has 0 N–H and O–H groups in total. The number of hydrogen-bond acceptors (Lipinski definition) is 4. The number of ether oxygens (including phenoxy) is 1. The van der Waals surface area contributed by atoms with Crippen LogP contribution in [0.1, 0.15) is 36.6 Å². The lowest BCUT2D eigenvalue weighted by Gasteiger charge is -2.25. The summed E-state index contributed by atoms with van der Waals surface area (Å²) in [6.07, 6.45) is 1.82. The second kappa shape index (κ2) is 8.51. The van der Waals surface area contributed by atoms with Crippen LogP contribution in [0.3, 0.4) is 0 Å². The van der Waals surface area contributed by atoms with Crippen molar-refractivity contribution in [2.24, 2.45) is 0 Å². The zero-order chi connectivity index (χ0) is 19.4. The van der Waals surface area contributed by atoms with Gasteiger partial charge >= 0.3 is 5.97 Å². The van der Waals surface area contributed by atoms with Gasteiger partial charge in [-0.05, 0) is 44.2 Å². The Bertz CT molecular complexity index is 959. The van der Waals surface area contributed by atoms with E-state index in [-0.39, 0.29) is 5.97 Å². The maximum atomic E-state index is 12.1. The molecule has 140 valence electrons. The zero-order valence-electron chi connectivity index (χ0n) is 16.2. The smallest absolute Gasteiger partial charge is 0.338 e. The van der Waals surface area contributed by atoms with Crippen molar-refractivity contribution in [2.75, 3.05) is 14.2 Å². The van der Waals surface area contributed by atoms with Crippen molar-refractivity contribution in [3.63, 3.8) is 0 Å². The molecule has 0 spiro atoms. The van der Waals surface area contributed by atoms with E-state index in [1.54, 1.807) is 11.3 Å². The quantitative estimate of drug-likeness (QED) is 0.408. The summed E-state index contributed by atoms with van der Waals surface area (Å²) in [7, 11) is 3.56. The number of allylic oxidation sites excluding steroid dienone is 1. The van der Waals surface area contributed by atoms with Crippen molar-refractivity contribution in [2.45, 2.75) is 26.4 Å². The van der Waals surface area contributed by atoms with Crippen LogP contribution in [-0.4, -0.2) is 25.0 Å². The van der Waals surface area contributed by atoms with Gasteiger partial charge in [0.05, 0.1) is 12.7 Å². The van der Waals surface area contributed by atoms with Crippen LogP contribution in [0.4, 0.5) is 0 Å². The van der Waals surface area contributed by atoms with E-state index in [2.05, 4.69) is 61.3 Å². The topological polar surface area (TPSA) is 29.5 Å². The minimum Gasteiger partial charge on any atom is -0.465 e. The van der Waals surface area contributed by atoms with Gasteiger partial charge in [0.2, 0.25) is 0 Å². The number of esters is 1. The van der Waals surface area contributed by atoms with Crippen molar-refractivity contribution in [3.05, 3.63) is 76.7 Å². The molecule has 2 aromatic carbocycles. The van der Waals surface area contributed by atoms with Gasteiger partial charge < -0.3 is 4.74 Å². The van der Waals surface area contributed by atoms with E-state index >= 15 is 0 Å². The molecule has 27 heavy (non-hydrogen) atoms. The predicted octanol–water partition coefficient (Wildman–Crippen LogP) is 5.67. The van der Waals surface area contributed by atoms with Crippen LogP contribution in [0, 0.1) is 0 Å². The second-order valence-corrected chi connectivity index (χ2v) is 7.59. The van der Waals surface area contributed by atoms with E-state index in [0.29, 0.717) is 11.6 Å². The van der Waals surface area contributed by atoms with Gasteiger partial charge in [-0.15, -0.1) is 11.3 Å². The monoisotopic (exact) mass is 379 g/mol. The van der Waals surface area contributed by atoms with Crippen LogP contribution in [0.5, 0.6) is 0 Å². The highest BCUT2D eigenvalue weighted by Gasteiger charge is 2.17. The third kappa shape index (κ3) is 4.12. The van der Waals surface area contributed by atoms with Crippen LogP contribution in [0.2, 0.25) is 0 Å². The van der Waals surface area contributed by atoms with E-state index in [1.165, 1.54) is 22.9 Å². The van der Waals surface area contributed by atoms with Crippen LogP contribution in [0.15, 0.2) is 60.0 Å². The third-order valence-corrected chi connectivity index (χ3v) is 5.96. The number of rotatable bonds is 6. The zero-order valence-corrected chi connectivity index (χ0v) is 17.0. The number of carbonyl (C=O) groups excluding carboxylic acids is 1. The molecule has 0 bridgehead atoms. The number of fused-ring (bicyclic) bond motifs is 1. The van der Waals surface area contributed by atoms with E-state index in [1.807, 2.05) is 24.4 Å². The Morgan fingerprint density at radius 3 is 2.63 bits per heavy atom. The molecule has 0 saturated heterocycles. The summed E-state index contributed by atoms with van der Waals surface area (Å²) in [5.41, 5.74) is 4.10. The highest BCUT2D eigenvalue weighted by Crippen LogP contribution is 2.33. The van der Waals surface area contributed by atoms with Crippen LogP contribution >= 0.6 is 11.3 Å². The molecule has 3 nitrogen and oxygen atoms in total. The van der Waals surface area contributed by atoms with Crippen molar-refractivity contribution >= 4 is 33.0 Å². The Labute approximate surface area is 164 Å². The summed E-state index contributed by atoms with van der Waals surface area (Å²) >= 11 is 1.65. The number of carbonyl (C=O) groups is 1. The Hall–Kier alpha value is -2.43. The highest BCUT2D eigenvalue weighted by atomic mass is 32.1. The van der Waals surface area contributed by atoms with E-state index in [4.69, 9.17) is 4.74 Å². The van der Waals surface area contributed by atoms with Crippen LogP contribution < -0.4 is 0 Å². The summed E-state index contributed by atoms with van der Waals surface area (Å²) in [5.74, 6) is -0.294. The lowest BCUT2D eigenvalue weighted by atomic mass is 10.0. The summed E-state index contributed by atoms with van der Waals surface area (Å²) < 4.78 is 6.12.